The zero-order chi connectivity index (χ0) is 11.6. The third kappa shape index (κ3) is 3.09. The molecule has 1 rings (SSSR count). The molecule has 0 aromatic heterocycles. The second kappa shape index (κ2) is 4.38. The number of halogens is 1. The summed E-state index contributed by atoms with van der Waals surface area (Å²) in [6.45, 7) is 1.73. The minimum Gasteiger partial charge on any atom is -0.370 e. The van der Waals surface area contributed by atoms with E-state index in [0.717, 1.165) is 4.31 Å². The third-order valence-corrected chi connectivity index (χ3v) is 3.30. The predicted molar refractivity (Wildman–Crippen MR) is 59.4 cm³/mol. The minimum absolute atomic E-state index is 0.285. The zero-order valence-corrected chi connectivity index (χ0v) is 10.3. The average Bonchev–Trinajstić information content (AvgIpc) is 2.09. The maximum Gasteiger partial charge on any atom is 0.384 e. The summed E-state index contributed by atoms with van der Waals surface area (Å²) in [5, 5.41) is 0.544. The van der Waals surface area contributed by atoms with Gasteiger partial charge in [0.2, 0.25) is 0 Å². The maximum atomic E-state index is 11.4. The van der Waals surface area contributed by atoms with E-state index in [9.17, 15) is 8.42 Å². The molecule has 6 heteroatoms. The van der Waals surface area contributed by atoms with E-state index in [2.05, 4.69) is 0 Å². The van der Waals surface area contributed by atoms with E-state index in [4.69, 9.17) is 15.8 Å². The topological polar surface area (TPSA) is 46.6 Å². The van der Waals surface area contributed by atoms with Gasteiger partial charge in [-0.2, -0.15) is 12.7 Å². The summed E-state index contributed by atoms with van der Waals surface area (Å²) in [7, 11) is -0.890. The van der Waals surface area contributed by atoms with Crippen molar-refractivity contribution in [3.8, 4) is 5.75 Å². The predicted octanol–water partition coefficient (Wildman–Crippen LogP) is 1.83. The van der Waals surface area contributed by atoms with Gasteiger partial charge >= 0.3 is 10.3 Å². The number of rotatable bonds is 3. The lowest BCUT2D eigenvalue weighted by atomic mass is 10.2. The molecular weight excluding hydrogens is 238 g/mol. The van der Waals surface area contributed by atoms with E-state index in [0.29, 0.717) is 10.6 Å². The summed E-state index contributed by atoms with van der Waals surface area (Å²) < 4.78 is 28.7. The molecule has 0 saturated carbocycles. The van der Waals surface area contributed by atoms with Crippen LogP contribution in [0.15, 0.2) is 18.2 Å². The van der Waals surface area contributed by atoms with E-state index in [-0.39, 0.29) is 5.75 Å². The van der Waals surface area contributed by atoms with Crippen LogP contribution in [0.25, 0.3) is 0 Å². The van der Waals surface area contributed by atoms with Gasteiger partial charge in [0.05, 0.1) is 0 Å². The number of nitrogens with zero attached hydrogens (tertiary/aromatic N) is 1. The van der Waals surface area contributed by atoms with Crippen LogP contribution in [0, 0.1) is 6.92 Å². The van der Waals surface area contributed by atoms with Crippen LogP contribution < -0.4 is 4.18 Å². The van der Waals surface area contributed by atoms with E-state index >= 15 is 0 Å². The van der Waals surface area contributed by atoms with Crippen LogP contribution in [-0.2, 0) is 10.3 Å². The highest BCUT2D eigenvalue weighted by atomic mass is 35.5. The summed E-state index contributed by atoms with van der Waals surface area (Å²) >= 11 is 5.74. The number of hydrogen-bond acceptors (Lipinski definition) is 3. The van der Waals surface area contributed by atoms with Crippen LogP contribution in [0.4, 0.5) is 0 Å². The van der Waals surface area contributed by atoms with Gasteiger partial charge in [-0.3, -0.25) is 0 Å². The van der Waals surface area contributed by atoms with Gasteiger partial charge in [0.15, 0.2) is 0 Å². The van der Waals surface area contributed by atoms with E-state index in [1.54, 1.807) is 19.1 Å². The molecule has 0 aliphatic heterocycles. The molecule has 15 heavy (non-hydrogen) atoms. The molecule has 1 aromatic carbocycles. The van der Waals surface area contributed by atoms with E-state index in [1.165, 1.54) is 20.2 Å². The lowest BCUT2D eigenvalue weighted by molar-refractivity contribution is 0.420. The zero-order valence-electron chi connectivity index (χ0n) is 8.69. The Hall–Kier alpha value is -0.780. The summed E-state index contributed by atoms with van der Waals surface area (Å²) in [5.74, 6) is 0.285. The normalized spacial score (nSPS) is 11.8. The molecule has 0 spiro atoms. The van der Waals surface area contributed by atoms with Crippen LogP contribution in [0.3, 0.4) is 0 Å². The molecule has 0 amide bonds. The van der Waals surface area contributed by atoms with Gasteiger partial charge in [0.1, 0.15) is 5.75 Å². The molecule has 0 heterocycles. The fourth-order valence-electron chi connectivity index (χ4n) is 0.894. The van der Waals surface area contributed by atoms with Crippen molar-refractivity contribution < 1.29 is 12.6 Å². The Morgan fingerprint density at radius 2 is 1.93 bits per heavy atom. The highest BCUT2D eigenvalue weighted by Gasteiger charge is 2.16. The molecular formula is C9H12ClNO3S. The van der Waals surface area contributed by atoms with Crippen molar-refractivity contribution in [1.29, 1.82) is 0 Å². The summed E-state index contributed by atoms with van der Waals surface area (Å²) in [5.41, 5.74) is 0.674. The van der Waals surface area contributed by atoms with Crippen molar-refractivity contribution in [2.24, 2.45) is 0 Å². The quantitative estimate of drug-likeness (QED) is 0.821. The molecule has 0 radical (unpaired) electrons. The second-order valence-electron chi connectivity index (χ2n) is 3.23. The number of aryl methyl sites for hydroxylation is 1. The van der Waals surface area contributed by atoms with Crippen LogP contribution in [-0.4, -0.2) is 26.8 Å². The average molecular weight is 250 g/mol. The molecule has 0 unspecified atom stereocenters. The van der Waals surface area contributed by atoms with Crippen LogP contribution in [0.5, 0.6) is 5.75 Å². The van der Waals surface area contributed by atoms with Gasteiger partial charge in [-0.15, -0.1) is 0 Å². The molecule has 84 valence electrons. The first-order chi connectivity index (χ1) is 6.83. The SMILES string of the molecule is Cc1cc(Cl)ccc1OS(=O)(=O)N(C)C. The standard InChI is InChI=1S/C9H12ClNO3S/c1-7-6-8(10)4-5-9(7)14-15(12,13)11(2)3/h4-6H,1-3H3. The minimum atomic E-state index is -3.70. The molecule has 0 aliphatic carbocycles. The van der Waals surface area contributed by atoms with Gasteiger partial charge in [-0.05, 0) is 30.7 Å². The third-order valence-electron chi connectivity index (χ3n) is 1.78. The number of benzene rings is 1. The summed E-state index contributed by atoms with van der Waals surface area (Å²) in [6, 6.07) is 4.75. The summed E-state index contributed by atoms with van der Waals surface area (Å²) in [4.78, 5) is 0. The molecule has 0 atom stereocenters. The molecule has 0 aliphatic rings. The molecule has 1 aromatic rings. The van der Waals surface area contributed by atoms with Crippen molar-refractivity contribution in [1.82, 2.24) is 4.31 Å². The van der Waals surface area contributed by atoms with Crippen molar-refractivity contribution >= 4 is 21.9 Å². The van der Waals surface area contributed by atoms with Gasteiger partial charge < -0.3 is 4.18 Å². The Balaban J connectivity index is 3.01. The van der Waals surface area contributed by atoms with Crippen molar-refractivity contribution in [3.63, 3.8) is 0 Å². The first-order valence-corrected chi connectivity index (χ1v) is 5.95. The summed E-state index contributed by atoms with van der Waals surface area (Å²) in [6.07, 6.45) is 0. The fraction of sp³-hybridized carbons (Fsp3) is 0.333. The number of hydrogen-bond donors (Lipinski definition) is 0. The Bertz CT molecular complexity index is 456. The molecule has 0 bridgehead atoms. The smallest absolute Gasteiger partial charge is 0.370 e. The highest BCUT2D eigenvalue weighted by molar-refractivity contribution is 7.84. The fourth-order valence-corrected chi connectivity index (χ4v) is 1.68. The van der Waals surface area contributed by atoms with E-state index < -0.39 is 10.3 Å². The molecule has 0 saturated heterocycles. The van der Waals surface area contributed by atoms with Crippen molar-refractivity contribution in [2.75, 3.05) is 14.1 Å². The molecule has 0 N–H and O–H groups in total. The molecule has 0 fully saturated rings. The Labute approximate surface area is 94.7 Å². The molecule has 4 nitrogen and oxygen atoms in total. The highest BCUT2D eigenvalue weighted by Crippen LogP contribution is 2.23. The van der Waals surface area contributed by atoms with Crippen LogP contribution in [0.1, 0.15) is 5.56 Å². The first kappa shape index (κ1) is 12.3. The van der Waals surface area contributed by atoms with Gasteiger partial charge in [-0.25, -0.2) is 0 Å². The lowest BCUT2D eigenvalue weighted by Crippen LogP contribution is -2.27. The van der Waals surface area contributed by atoms with Gasteiger partial charge in [-0.1, -0.05) is 11.6 Å². The Morgan fingerprint density at radius 3 is 2.40 bits per heavy atom. The van der Waals surface area contributed by atoms with Gasteiger partial charge in [0.25, 0.3) is 0 Å². The maximum absolute atomic E-state index is 11.4. The van der Waals surface area contributed by atoms with Gasteiger partial charge in [0, 0.05) is 19.1 Å². The van der Waals surface area contributed by atoms with Crippen LogP contribution in [0.2, 0.25) is 5.02 Å². The second-order valence-corrected chi connectivity index (χ2v) is 5.42. The van der Waals surface area contributed by atoms with Crippen LogP contribution >= 0.6 is 11.6 Å². The Kier molecular flexibility index (Phi) is 3.59. The Morgan fingerprint density at radius 1 is 1.33 bits per heavy atom. The van der Waals surface area contributed by atoms with Crippen molar-refractivity contribution in [2.45, 2.75) is 6.92 Å². The monoisotopic (exact) mass is 249 g/mol. The lowest BCUT2D eigenvalue weighted by Gasteiger charge is -2.13. The van der Waals surface area contributed by atoms with Crippen molar-refractivity contribution in [3.05, 3.63) is 28.8 Å². The first-order valence-electron chi connectivity index (χ1n) is 4.21. The largest absolute Gasteiger partial charge is 0.384 e. The van der Waals surface area contributed by atoms with E-state index in [1.807, 2.05) is 0 Å².